The van der Waals surface area contributed by atoms with Crippen molar-refractivity contribution in [1.29, 1.82) is 0 Å². The Labute approximate surface area is 110 Å². The van der Waals surface area contributed by atoms with Gasteiger partial charge in [0.2, 0.25) is 0 Å². The Balaban J connectivity index is 2.45. The molecule has 1 unspecified atom stereocenters. The highest BCUT2D eigenvalue weighted by atomic mass is 19.1. The van der Waals surface area contributed by atoms with E-state index in [1.807, 2.05) is 12.1 Å². The zero-order valence-corrected chi connectivity index (χ0v) is 11.8. The van der Waals surface area contributed by atoms with Crippen molar-refractivity contribution >= 4 is 0 Å². The van der Waals surface area contributed by atoms with Crippen LogP contribution in [0.1, 0.15) is 38.8 Å². The largest absolute Gasteiger partial charge is 0.385 e. The van der Waals surface area contributed by atoms with E-state index in [2.05, 4.69) is 26.1 Å². The van der Waals surface area contributed by atoms with Crippen molar-refractivity contribution in [2.75, 3.05) is 20.3 Å². The third kappa shape index (κ3) is 5.15. The number of halogens is 1. The minimum atomic E-state index is -0.189. The number of nitrogens with one attached hydrogen (secondary N) is 1. The fourth-order valence-electron chi connectivity index (χ4n) is 1.77. The maximum absolute atomic E-state index is 12.8. The van der Waals surface area contributed by atoms with Crippen LogP contribution in [0.25, 0.3) is 0 Å². The molecule has 1 atom stereocenters. The smallest absolute Gasteiger partial charge is 0.123 e. The summed E-state index contributed by atoms with van der Waals surface area (Å²) in [5, 5.41) is 3.49. The summed E-state index contributed by atoms with van der Waals surface area (Å²) >= 11 is 0. The number of hydrogen-bond acceptors (Lipinski definition) is 2. The summed E-state index contributed by atoms with van der Waals surface area (Å²) in [5.41, 5.74) is 1.31. The second-order valence-electron chi connectivity index (χ2n) is 5.56. The predicted molar refractivity (Wildman–Crippen MR) is 73.1 cm³/mol. The van der Waals surface area contributed by atoms with Crippen molar-refractivity contribution in [3.8, 4) is 0 Å². The first-order valence-corrected chi connectivity index (χ1v) is 6.42. The number of rotatable bonds is 7. The zero-order valence-electron chi connectivity index (χ0n) is 11.8. The highest BCUT2D eigenvalue weighted by Gasteiger charge is 2.18. The molecule has 0 aromatic heterocycles. The van der Waals surface area contributed by atoms with Gasteiger partial charge < -0.3 is 10.1 Å². The van der Waals surface area contributed by atoms with Gasteiger partial charge >= 0.3 is 0 Å². The van der Waals surface area contributed by atoms with Crippen LogP contribution in [0.5, 0.6) is 0 Å². The maximum atomic E-state index is 12.8. The molecule has 1 aromatic carbocycles. The van der Waals surface area contributed by atoms with E-state index in [0.717, 1.165) is 25.1 Å². The minimum Gasteiger partial charge on any atom is -0.385 e. The van der Waals surface area contributed by atoms with Gasteiger partial charge in [0.05, 0.1) is 0 Å². The van der Waals surface area contributed by atoms with Crippen molar-refractivity contribution in [3.63, 3.8) is 0 Å². The monoisotopic (exact) mass is 253 g/mol. The van der Waals surface area contributed by atoms with E-state index in [0.29, 0.717) is 0 Å². The molecule has 1 rings (SSSR count). The topological polar surface area (TPSA) is 21.3 Å². The lowest BCUT2D eigenvalue weighted by Gasteiger charge is -2.27. The Morgan fingerprint density at radius 1 is 1.28 bits per heavy atom. The summed E-state index contributed by atoms with van der Waals surface area (Å²) in [6.45, 7) is 8.22. The lowest BCUT2D eigenvalue weighted by molar-refractivity contribution is 0.149. The van der Waals surface area contributed by atoms with Crippen molar-refractivity contribution in [2.24, 2.45) is 5.41 Å². The van der Waals surface area contributed by atoms with Gasteiger partial charge in [-0.1, -0.05) is 26.0 Å². The first kappa shape index (κ1) is 15.1. The first-order valence-electron chi connectivity index (χ1n) is 6.42. The van der Waals surface area contributed by atoms with E-state index in [1.54, 1.807) is 7.11 Å². The lowest BCUT2D eigenvalue weighted by atomic mass is 9.89. The van der Waals surface area contributed by atoms with E-state index in [1.165, 1.54) is 12.1 Å². The summed E-state index contributed by atoms with van der Waals surface area (Å²) in [4.78, 5) is 0. The average Bonchev–Trinajstić information content (AvgIpc) is 2.35. The van der Waals surface area contributed by atoms with Crippen LogP contribution in [0, 0.1) is 11.2 Å². The fraction of sp³-hybridized carbons (Fsp3) is 0.600. The van der Waals surface area contributed by atoms with Crippen LogP contribution in [0.2, 0.25) is 0 Å². The molecule has 18 heavy (non-hydrogen) atoms. The Morgan fingerprint density at radius 3 is 2.44 bits per heavy atom. The summed E-state index contributed by atoms with van der Waals surface area (Å²) in [5.74, 6) is -0.189. The lowest BCUT2D eigenvalue weighted by Crippen LogP contribution is -2.32. The third-order valence-corrected chi connectivity index (χ3v) is 3.24. The van der Waals surface area contributed by atoms with Crippen LogP contribution in [0.3, 0.4) is 0 Å². The molecule has 0 amide bonds. The zero-order chi connectivity index (χ0) is 13.6. The summed E-state index contributed by atoms with van der Waals surface area (Å²) in [6.07, 6.45) is 1.02. The molecule has 0 fully saturated rings. The van der Waals surface area contributed by atoms with E-state index in [4.69, 9.17) is 4.74 Å². The normalized spacial score (nSPS) is 13.6. The summed E-state index contributed by atoms with van der Waals surface area (Å²) < 4.78 is 17.9. The van der Waals surface area contributed by atoms with Gasteiger partial charge in [-0.05, 0) is 36.5 Å². The second kappa shape index (κ2) is 6.86. The van der Waals surface area contributed by atoms with Gasteiger partial charge in [-0.3, -0.25) is 0 Å². The first-order chi connectivity index (χ1) is 8.44. The molecule has 1 N–H and O–H groups in total. The van der Waals surface area contributed by atoms with Crippen LogP contribution in [-0.2, 0) is 4.74 Å². The predicted octanol–water partition coefficient (Wildman–Crippen LogP) is 3.54. The Morgan fingerprint density at radius 2 is 1.89 bits per heavy atom. The molecular formula is C15H24FNO. The van der Waals surface area contributed by atoms with E-state index < -0.39 is 0 Å². The van der Waals surface area contributed by atoms with Gasteiger partial charge in [0.25, 0.3) is 0 Å². The molecule has 0 heterocycles. The van der Waals surface area contributed by atoms with Gasteiger partial charge in [-0.25, -0.2) is 4.39 Å². The van der Waals surface area contributed by atoms with E-state index >= 15 is 0 Å². The standard InChI is InChI=1S/C15H24FNO/c1-12(13-5-7-14(16)8-6-13)17-11-15(2,3)9-10-18-4/h5-8,12,17H,9-11H2,1-4H3. The van der Waals surface area contributed by atoms with Crippen molar-refractivity contribution in [1.82, 2.24) is 5.32 Å². The number of ether oxygens (including phenoxy) is 1. The number of methoxy groups -OCH3 is 1. The van der Waals surface area contributed by atoms with Gasteiger partial charge in [-0.15, -0.1) is 0 Å². The van der Waals surface area contributed by atoms with Crippen molar-refractivity contribution in [3.05, 3.63) is 35.6 Å². The van der Waals surface area contributed by atoms with Crippen LogP contribution in [-0.4, -0.2) is 20.3 Å². The molecule has 0 saturated heterocycles. The Kier molecular flexibility index (Phi) is 5.76. The Bertz CT molecular complexity index is 348. The molecule has 1 aromatic rings. The molecule has 3 heteroatoms. The maximum Gasteiger partial charge on any atom is 0.123 e. The van der Waals surface area contributed by atoms with Crippen LogP contribution >= 0.6 is 0 Å². The second-order valence-corrected chi connectivity index (χ2v) is 5.56. The molecule has 0 bridgehead atoms. The van der Waals surface area contributed by atoms with Crippen molar-refractivity contribution in [2.45, 2.75) is 33.2 Å². The molecule has 0 aliphatic carbocycles. The molecule has 2 nitrogen and oxygen atoms in total. The number of hydrogen-bond donors (Lipinski definition) is 1. The third-order valence-electron chi connectivity index (χ3n) is 3.24. The van der Waals surface area contributed by atoms with Crippen LogP contribution in [0.15, 0.2) is 24.3 Å². The molecule has 0 spiro atoms. The molecular weight excluding hydrogens is 229 g/mol. The fourth-order valence-corrected chi connectivity index (χ4v) is 1.77. The molecule has 0 saturated carbocycles. The SMILES string of the molecule is COCCC(C)(C)CNC(C)c1ccc(F)cc1. The number of benzene rings is 1. The Hall–Kier alpha value is -0.930. The van der Waals surface area contributed by atoms with E-state index in [9.17, 15) is 4.39 Å². The highest BCUT2D eigenvalue weighted by Crippen LogP contribution is 2.21. The van der Waals surface area contributed by atoms with Gasteiger partial charge in [-0.2, -0.15) is 0 Å². The van der Waals surface area contributed by atoms with Gasteiger partial charge in [0.1, 0.15) is 5.82 Å². The molecule has 0 aliphatic rings. The summed E-state index contributed by atoms with van der Waals surface area (Å²) in [7, 11) is 1.73. The quantitative estimate of drug-likeness (QED) is 0.802. The molecule has 0 aliphatic heterocycles. The molecule has 102 valence electrons. The van der Waals surface area contributed by atoms with Gasteiger partial charge in [0, 0.05) is 26.3 Å². The van der Waals surface area contributed by atoms with Crippen molar-refractivity contribution < 1.29 is 9.13 Å². The van der Waals surface area contributed by atoms with E-state index in [-0.39, 0.29) is 17.3 Å². The molecule has 0 radical (unpaired) electrons. The average molecular weight is 253 g/mol. The highest BCUT2D eigenvalue weighted by molar-refractivity contribution is 5.19. The minimum absolute atomic E-state index is 0.189. The van der Waals surface area contributed by atoms with Gasteiger partial charge in [0.15, 0.2) is 0 Å². The van der Waals surface area contributed by atoms with Crippen LogP contribution in [0.4, 0.5) is 4.39 Å². The summed E-state index contributed by atoms with van der Waals surface area (Å²) in [6, 6.07) is 6.89. The van der Waals surface area contributed by atoms with Crippen LogP contribution < -0.4 is 5.32 Å².